The normalized spacial score (nSPS) is 22.4. The number of rotatable bonds is 5. The summed E-state index contributed by atoms with van der Waals surface area (Å²) in [6.07, 6.45) is 4.29. The molecule has 0 radical (unpaired) electrons. The summed E-state index contributed by atoms with van der Waals surface area (Å²) in [5.74, 6) is 0.460. The minimum absolute atomic E-state index is 0.0625. The van der Waals surface area contributed by atoms with Crippen LogP contribution in [0.25, 0.3) is 0 Å². The van der Waals surface area contributed by atoms with Crippen molar-refractivity contribution in [2.75, 3.05) is 6.54 Å². The Balaban J connectivity index is 1.87. The topological polar surface area (TPSA) is 49.3 Å². The standard InChI is InChI=1S/C18H26ClNO2/c1-18(2,11-13-5-3-7-15(19)9-13)17(22)20-12-14-6-4-8-16(21)10-14/h3,5,7,9,14,16,21H,4,6,8,10-12H2,1-2H3,(H,20,22). The average molecular weight is 324 g/mol. The fraction of sp³-hybridized carbons (Fsp3) is 0.611. The predicted molar refractivity (Wildman–Crippen MR) is 89.9 cm³/mol. The van der Waals surface area contributed by atoms with Gasteiger partial charge in [-0.15, -0.1) is 0 Å². The minimum atomic E-state index is -0.474. The average Bonchev–Trinajstić information content (AvgIpc) is 2.44. The lowest BCUT2D eigenvalue weighted by atomic mass is 9.83. The van der Waals surface area contributed by atoms with Crippen molar-refractivity contribution in [3.8, 4) is 0 Å². The van der Waals surface area contributed by atoms with Crippen LogP contribution in [0.1, 0.15) is 45.1 Å². The van der Waals surface area contributed by atoms with Gasteiger partial charge in [0.1, 0.15) is 0 Å². The van der Waals surface area contributed by atoms with Crippen LogP contribution in [0, 0.1) is 11.3 Å². The van der Waals surface area contributed by atoms with Crippen LogP contribution in [-0.4, -0.2) is 23.7 Å². The first kappa shape index (κ1) is 17.3. The summed E-state index contributed by atoms with van der Waals surface area (Å²) >= 11 is 6.01. The summed E-state index contributed by atoms with van der Waals surface area (Å²) < 4.78 is 0. The number of halogens is 1. The molecule has 1 aromatic carbocycles. The van der Waals surface area contributed by atoms with Crippen LogP contribution >= 0.6 is 11.6 Å². The molecule has 1 aliphatic carbocycles. The maximum Gasteiger partial charge on any atom is 0.226 e. The van der Waals surface area contributed by atoms with Gasteiger partial charge in [-0.1, -0.05) is 44.0 Å². The van der Waals surface area contributed by atoms with Gasteiger partial charge in [0.25, 0.3) is 0 Å². The summed E-state index contributed by atoms with van der Waals surface area (Å²) in [5, 5.41) is 13.5. The van der Waals surface area contributed by atoms with Crippen LogP contribution in [-0.2, 0) is 11.2 Å². The quantitative estimate of drug-likeness (QED) is 0.870. The second-order valence-electron chi connectivity index (χ2n) is 7.09. The molecule has 2 atom stereocenters. The molecule has 3 nitrogen and oxygen atoms in total. The fourth-order valence-corrected chi connectivity index (χ4v) is 3.37. The lowest BCUT2D eigenvalue weighted by Crippen LogP contribution is -2.41. The van der Waals surface area contributed by atoms with Crippen molar-refractivity contribution in [2.24, 2.45) is 11.3 Å². The first-order valence-electron chi connectivity index (χ1n) is 8.07. The molecule has 2 N–H and O–H groups in total. The summed E-state index contributed by atoms with van der Waals surface area (Å²) in [6.45, 7) is 4.58. The Morgan fingerprint density at radius 2 is 2.18 bits per heavy atom. The number of hydrogen-bond acceptors (Lipinski definition) is 2. The molecule has 1 aromatic rings. The fourth-order valence-electron chi connectivity index (χ4n) is 3.16. The molecule has 0 spiro atoms. The highest BCUT2D eigenvalue weighted by Gasteiger charge is 2.29. The van der Waals surface area contributed by atoms with E-state index in [4.69, 9.17) is 11.6 Å². The summed E-state index contributed by atoms with van der Waals surface area (Å²) in [5.41, 5.74) is 0.596. The maximum atomic E-state index is 12.5. The zero-order valence-corrected chi connectivity index (χ0v) is 14.2. The van der Waals surface area contributed by atoms with Gasteiger partial charge in [-0.25, -0.2) is 0 Å². The van der Waals surface area contributed by atoms with Gasteiger partial charge in [-0.3, -0.25) is 4.79 Å². The number of amides is 1. The van der Waals surface area contributed by atoms with Crippen molar-refractivity contribution in [3.63, 3.8) is 0 Å². The Morgan fingerprint density at radius 3 is 2.86 bits per heavy atom. The minimum Gasteiger partial charge on any atom is -0.393 e. The van der Waals surface area contributed by atoms with Gasteiger partial charge in [0.05, 0.1) is 6.10 Å². The monoisotopic (exact) mass is 323 g/mol. The van der Waals surface area contributed by atoms with Crippen LogP contribution in [0.3, 0.4) is 0 Å². The molecular weight excluding hydrogens is 298 g/mol. The zero-order chi connectivity index (χ0) is 16.2. The number of nitrogens with one attached hydrogen (secondary N) is 1. The van der Waals surface area contributed by atoms with Crippen LogP contribution < -0.4 is 5.32 Å². The molecule has 0 bridgehead atoms. The molecular formula is C18H26ClNO2. The molecule has 1 amide bonds. The Kier molecular flexibility index (Phi) is 5.87. The van der Waals surface area contributed by atoms with Gasteiger partial charge >= 0.3 is 0 Å². The van der Waals surface area contributed by atoms with Crippen molar-refractivity contribution in [2.45, 2.75) is 52.1 Å². The van der Waals surface area contributed by atoms with E-state index in [0.717, 1.165) is 31.2 Å². The Hall–Kier alpha value is -1.06. The SMILES string of the molecule is CC(C)(Cc1cccc(Cl)c1)C(=O)NCC1CCCC(O)C1. The Bertz CT molecular complexity index is 516. The second kappa shape index (κ2) is 7.47. The number of carbonyl (C=O) groups is 1. The first-order valence-corrected chi connectivity index (χ1v) is 8.45. The molecule has 0 saturated heterocycles. The number of aliphatic hydroxyl groups excluding tert-OH is 1. The highest BCUT2D eigenvalue weighted by molar-refractivity contribution is 6.30. The maximum absolute atomic E-state index is 12.5. The van der Waals surface area contributed by atoms with E-state index in [0.29, 0.717) is 23.9 Å². The molecule has 4 heteroatoms. The van der Waals surface area contributed by atoms with E-state index in [1.54, 1.807) is 0 Å². The summed E-state index contributed by atoms with van der Waals surface area (Å²) in [4.78, 5) is 12.5. The molecule has 1 fully saturated rings. The Labute approximate surface area is 138 Å². The second-order valence-corrected chi connectivity index (χ2v) is 7.52. The van der Waals surface area contributed by atoms with E-state index < -0.39 is 5.41 Å². The number of carbonyl (C=O) groups excluding carboxylic acids is 1. The largest absolute Gasteiger partial charge is 0.393 e. The van der Waals surface area contributed by atoms with E-state index in [1.807, 2.05) is 38.1 Å². The van der Waals surface area contributed by atoms with Crippen LogP contribution in [0.4, 0.5) is 0 Å². The van der Waals surface area contributed by atoms with Gasteiger partial charge in [0.2, 0.25) is 5.91 Å². The third kappa shape index (κ3) is 4.99. The summed E-state index contributed by atoms with van der Waals surface area (Å²) in [6, 6.07) is 7.66. The van der Waals surface area contributed by atoms with Crippen LogP contribution in [0.15, 0.2) is 24.3 Å². The van der Waals surface area contributed by atoms with E-state index in [1.165, 1.54) is 0 Å². The van der Waals surface area contributed by atoms with E-state index >= 15 is 0 Å². The Morgan fingerprint density at radius 1 is 1.41 bits per heavy atom. The van der Waals surface area contributed by atoms with Crippen molar-refractivity contribution in [1.29, 1.82) is 0 Å². The third-order valence-corrected chi connectivity index (χ3v) is 4.69. The predicted octanol–water partition coefficient (Wildman–Crippen LogP) is 3.58. The molecule has 1 saturated carbocycles. The van der Waals surface area contributed by atoms with Gasteiger partial charge in [-0.2, -0.15) is 0 Å². The summed E-state index contributed by atoms with van der Waals surface area (Å²) in [7, 11) is 0. The lowest BCUT2D eigenvalue weighted by Gasteiger charge is -2.29. The van der Waals surface area contributed by atoms with Crippen molar-refractivity contribution < 1.29 is 9.90 Å². The van der Waals surface area contributed by atoms with Gasteiger partial charge in [-0.05, 0) is 49.3 Å². The van der Waals surface area contributed by atoms with Crippen LogP contribution in [0.5, 0.6) is 0 Å². The third-order valence-electron chi connectivity index (χ3n) is 4.46. The van der Waals surface area contributed by atoms with Crippen LogP contribution in [0.2, 0.25) is 5.02 Å². The van der Waals surface area contributed by atoms with E-state index in [-0.39, 0.29) is 12.0 Å². The number of aliphatic hydroxyl groups is 1. The van der Waals surface area contributed by atoms with E-state index in [9.17, 15) is 9.90 Å². The molecule has 0 heterocycles. The number of benzene rings is 1. The molecule has 1 aliphatic rings. The molecule has 22 heavy (non-hydrogen) atoms. The van der Waals surface area contributed by atoms with E-state index in [2.05, 4.69) is 5.32 Å². The molecule has 2 unspecified atom stereocenters. The first-order chi connectivity index (χ1) is 10.4. The van der Waals surface area contributed by atoms with Crippen molar-refractivity contribution in [1.82, 2.24) is 5.32 Å². The molecule has 0 aliphatic heterocycles. The smallest absolute Gasteiger partial charge is 0.226 e. The lowest BCUT2D eigenvalue weighted by molar-refractivity contribution is -0.129. The van der Waals surface area contributed by atoms with Gasteiger partial charge < -0.3 is 10.4 Å². The van der Waals surface area contributed by atoms with Crippen molar-refractivity contribution in [3.05, 3.63) is 34.9 Å². The number of hydrogen-bond donors (Lipinski definition) is 2. The molecule has 122 valence electrons. The highest BCUT2D eigenvalue weighted by Crippen LogP contribution is 2.26. The zero-order valence-electron chi connectivity index (χ0n) is 13.4. The highest BCUT2D eigenvalue weighted by atomic mass is 35.5. The van der Waals surface area contributed by atoms with Gasteiger partial charge in [0.15, 0.2) is 0 Å². The molecule has 0 aromatic heterocycles. The molecule has 2 rings (SSSR count). The van der Waals surface area contributed by atoms with Gasteiger partial charge in [0, 0.05) is 17.0 Å². The van der Waals surface area contributed by atoms with Crippen molar-refractivity contribution >= 4 is 17.5 Å².